The molecule has 0 nitrogen and oxygen atoms in total. The first-order chi connectivity index (χ1) is 7.11. The Morgan fingerprint density at radius 3 is 1.62 bits per heavy atom. The number of rotatable bonds is 1. The van der Waals surface area contributed by atoms with Gasteiger partial charge in [0.15, 0.2) is 0 Å². The van der Waals surface area contributed by atoms with Crippen LogP contribution >= 0.6 is 0 Å². The topological polar surface area (TPSA) is 0 Å². The fourth-order valence-electron chi connectivity index (χ4n) is 1.07. The van der Waals surface area contributed by atoms with Gasteiger partial charge < -0.3 is 0 Å². The molecule has 1 aromatic carbocycles. The molecular formula is C9H4F7. The van der Waals surface area contributed by atoms with E-state index in [-0.39, 0.29) is 0 Å². The minimum Gasteiger partial charge on any atom is -0.218 e. The van der Waals surface area contributed by atoms with Crippen molar-refractivity contribution in [1.29, 1.82) is 0 Å². The lowest BCUT2D eigenvalue weighted by atomic mass is 9.94. The first-order valence-electron chi connectivity index (χ1n) is 3.90. The Hall–Kier alpha value is -1.27. The second kappa shape index (κ2) is 3.64. The molecule has 0 N–H and O–H groups in total. The summed E-state index contributed by atoms with van der Waals surface area (Å²) < 4.78 is 86.3. The summed E-state index contributed by atoms with van der Waals surface area (Å²) in [6.45, 7) is 0. The summed E-state index contributed by atoms with van der Waals surface area (Å²) in [5.41, 5.74) is -6.99. The molecule has 0 saturated carbocycles. The lowest BCUT2D eigenvalue weighted by molar-refractivity contribution is -0.348. The molecule has 0 heterocycles. The highest BCUT2D eigenvalue weighted by Crippen LogP contribution is 2.52. The molecule has 0 bridgehead atoms. The first-order valence-corrected chi connectivity index (χ1v) is 3.90. The van der Waals surface area contributed by atoms with Crippen molar-refractivity contribution in [3.8, 4) is 0 Å². The van der Waals surface area contributed by atoms with Gasteiger partial charge in [-0.05, 0) is 6.07 Å². The van der Waals surface area contributed by atoms with Crippen LogP contribution in [0.4, 0.5) is 30.7 Å². The van der Waals surface area contributed by atoms with Crippen molar-refractivity contribution in [3.63, 3.8) is 0 Å². The summed E-state index contributed by atoms with van der Waals surface area (Å²) in [5, 5.41) is 0. The van der Waals surface area contributed by atoms with E-state index in [1.165, 1.54) is 0 Å². The van der Waals surface area contributed by atoms with Crippen molar-refractivity contribution in [3.05, 3.63) is 35.9 Å². The number of halogens is 7. The smallest absolute Gasteiger partial charge is 0.218 e. The lowest BCUT2D eigenvalue weighted by Gasteiger charge is -2.29. The van der Waals surface area contributed by atoms with Crippen LogP contribution in [-0.2, 0) is 5.67 Å². The Morgan fingerprint density at radius 2 is 1.31 bits per heavy atom. The highest BCUT2D eigenvalue weighted by molar-refractivity contribution is 5.25. The average Bonchev–Trinajstić information content (AvgIpc) is 2.14. The van der Waals surface area contributed by atoms with Crippen molar-refractivity contribution < 1.29 is 30.7 Å². The number of benzene rings is 1. The van der Waals surface area contributed by atoms with E-state index in [1.54, 1.807) is 6.07 Å². The molecule has 16 heavy (non-hydrogen) atoms. The highest BCUT2D eigenvalue weighted by atomic mass is 19.4. The van der Waals surface area contributed by atoms with E-state index in [9.17, 15) is 30.7 Å². The van der Waals surface area contributed by atoms with Crippen molar-refractivity contribution in [2.24, 2.45) is 0 Å². The summed E-state index contributed by atoms with van der Waals surface area (Å²) in [6.07, 6.45) is -12.2. The summed E-state index contributed by atoms with van der Waals surface area (Å²) in [6, 6.07) is 4.78. The fraction of sp³-hybridized carbons (Fsp3) is 0.333. The Kier molecular flexibility index (Phi) is 2.91. The van der Waals surface area contributed by atoms with Gasteiger partial charge in [0.1, 0.15) is 0 Å². The Morgan fingerprint density at radius 1 is 0.812 bits per heavy atom. The van der Waals surface area contributed by atoms with E-state index in [1.807, 2.05) is 0 Å². The molecule has 0 aliphatic carbocycles. The normalized spacial score (nSPS) is 13.9. The predicted molar refractivity (Wildman–Crippen MR) is 40.2 cm³/mol. The van der Waals surface area contributed by atoms with E-state index in [4.69, 9.17) is 0 Å². The van der Waals surface area contributed by atoms with E-state index < -0.39 is 23.6 Å². The van der Waals surface area contributed by atoms with Gasteiger partial charge in [-0.15, -0.1) is 0 Å². The van der Waals surface area contributed by atoms with Gasteiger partial charge in [-0.3, -0.25) is 0 Å². The van der Waals surface area contributed by atoms with Gasteiger partial charge >= 0.3 is 18.0 Å². The van der Waals surface area contributed by atoms with Crippen LogP contribution in [0.1, 0.15) is 5.56 Å². The molecule has 0 atom stereocenters. The average molecular weight is 245 g/mol. The molecule has 0 aliphatic heterocycles. The minimum atomic E-state index is -6.08. The second-order valence-electron chi connectivity index (χ2n) is 2.93. The van der Waals surface area contributed by atoms with Crippen LogP contribution in [0.3, 0.4) is 0 Å². The van der Waals surface area contributed by atoms with Crippen LogP contribution in [0.2, 0.25) is 0 Å². The SMILES string of the molecule is FC(F)(F)C(F)(c1[c]cccc1)C(F)(F)F. The lowest BCUT2D eigenvalue weighted by Crippen LogP contribution is -2.50. The van der Waals surface area contributed by atoms with Crippen LogP contribution in [0.15, 0.2) is 24.3 Å². The number of alkyl halides is 7. The molecule has 89 valence electrons. The molecule has 0 aromatic heterocycles. The molecule has 0 aliphatic rings. The summed E-state index contributed by atoms with van der Waals surface area (Å²) in [4.78, 5) is 0. The third-order valence-corrected chi connectivity index (χ3v) is 1.86. The number of hydrogen-bond acceptors (Lipinski definition) is 0. The second-order valence-corrected chi connectivity index (χ2v) is 2.93. The van der Waals surface area contributed by atoms with Gasteiger partial charge in [0.05, 0.1) is 0 Å². The van der Waals surface area contributed by atoms with Gasteiger partial charge in [-0.1, -0.05) is 24.3 Å². The minimum absolute atomic E-state index is 0.390. The van der Waals surface area contributed by atoms with Crippen LogP contribution in [0.25, 0.3) is 0 Å². The summed E-state index contributed by atoms with van der Waals surface area (Å²) >= 11 is 0. The van der Waals surface area contributed by atoms with Crippen molar-refractivity contribution in [2.75, 3.05) is 0 Å². The molecule has 0 unspecified atom stereocenters. The quantitative estimate of drug-likeness (QED) is 0.660. The summed E-state index contributed by atoms with van der Waals surface area (Å²) in [5.74, 6) is 0. The molecule has 1 rings (SSSR count). The Bertz CT molecular complexity index is 334. The van der Waals surface area contributed by atoms with Crippen molar-refractivity contribution in [2.45, 2.75) is 18.0 Å². The fourth-order valence-corrected chi connectivity index (χ4v) is 1.07. The zero-order valence-electron chi connectivity index (χ0n) is 7.46. The van der Waals surface area contributed by atoms with Crippen LogP contribution < -0.4 is 0 Å². The van der Waals surface area contributed by atoms with E-state index in [0.717, 1.165) is 18.2 Å². The maximum atomic E-state index is 13.3. The van der Waals surface area contributed by atoms with Gasteiger partial charge in [-0.25, -0.2) is 4.39 Å². The van der Waals surface area contributed by atoms with Gasteiger partial charge in [-0.2, -0.15) is 26.3 Å². The van der Waals surface area contributed by atoms with Gasteiger partial charge in [0, 0.05) is 5.56 Å². The third-order valence-electron chi connectivity index (χ3n) is 1.86. The monoisotopic (exact) mass is 245 g/mol. The predicted octanol–water partition coefficient (Wildman–Crippen LogP) is 3.78. The zero-order valence-corrected chi connectivity index (χ0v) is 7.46. The maximum Gasteiger partial charge on any atom is 0.435 e. The van der Waals surface area contributed by atoms with E-state index >= 15 is 0 Å². The summed E-state index contributed by atoms with van der Waals surface area (Å²) in [7, 11) is 0. The molecule has 1 aromatic rings. The van der Waals surface area contributed by atoms with Crippen LogP contribution in [0.5, 0.6) is 0 Å². The molecule has 0 saturated heterocycles. The molecular weight excluding hydrogens is 241 g/mol. The molecule has 1 radical (unpaired) electrons. The van der Waals surface area contributed by atoms with Gasteiger partial charge in [0.2, 0.25) is 0 Å². The van der Waals surface area contributed by atoms with Crippen molar-refractivity contribution in [1.82, 2.24) is 0 Å². The highest BCUT2D eigenvalue weighted by Gasteiger charge is 2.73. The van der Waals surface area contributed by atoms with E-state index in [2.05, 4.69) is 0 Å². The molecule has 0 spiro atoms. The molecule has 7 heteroatoms. The molecule has 0 amide bonds. The van der Waals surface area contributed by atoms with E-state index in [0.29, 0.717) is 6.07 Å². The largest absolute Gasteiger partial charge is 0.435 e. The molecule has 0 fully saturated rings. The third kappa shape index (κ3) is 1.85. The Labute approximate surface area is 85.7 Å². The standard InChI is InChI=1S/C9H4F7/c10-7(8(11,12)13,9(14,15)16)6-4-2-1-3-5-6/h1-4H. The zero-order chi connectivity index (χ0) is 12.6. The van der Waals surface area contributed by atoms with Crippen LogP contribution in [-0.4, -0.2) is 12.4 Å². The van der Waals surface area contributed by atoms with Gasteiger partial charge in [0.25, 0.3) is 0 Å². The van der Waals surface area contributed by atoms with Crippen molar-refractivity contribution >= 4 is 0 Å². The maximum absolute atomic E-state index is 13.3. The first kappa shape index (κ1) is 12.8. The Balaban J connectivity index is 3.39. The number of hydrogen-bond donors (Lipinski definition) is 0. The van der Waals surface area contributed by atoms with Crippen LogP contribution in [0, 0.1) is 6.07 Å².